The lowest BCUT2D eigenvalue weighted by molar-refractivity contribution is -0.126. The number of hydrogen-bond donors (Lipinski definition) is 2. The molecule has 2 amide bonds. The molecule has 2 rings (SSSR count). The van der Waals surface area contributed by atoms with Crippen molar-refractivity contribution in [3.05, 3.63) is 59.8 Å². The third-order valence-electron chi connectivity index (χ3n) is 4.04. The Bertz CT molecular complexity index is 834. The molecular weight excluding hydrogens is 370 g/mol. The molecule has 0 bridgehead atoms. The number of aromatic nitrogens is 1. The topological polar surface area (TPSA) is 89.5 Å². The first-order chi connectivity index (χ1) is 14.0. The van der Waals surface area contributed by atoms with Crippen LogP contribution >= 0.6 is 0 Å². The quantitative estimate of drug-likeness (QED) is 0.602. The molecule has 0 spiro atoms. The summed E-state index contributed by atoms with van der Waals surface area (Å²) < 4.78 is 10.7. The molecule has 1 aromatic heterocycles. The maximum Gasteiger partial charge on any atom is 0.244 e. The fourth-order valence-corrected chi connectivity index (χ4v) is 2.44. The van der Waals surface area contributed by atoms with Gasteiger partial charge in [0.2, 0.25) is 17.7 Å². The van der Waals surface area contributed by atoms with Gasteiger partial charge < -0.3 is 20.1 Å². The zero-order chi connectivity index (χ0) is 21.1. The van der Waals surface area contributed by atoms with Crippen LogP contribution in [-0.2, 0) is 16.1 Å². The highest BCUT2D eigenvalue weighted by atomic mass is 16.5. The van der Waals surface area contributed by atoms with Gasteiger partial charge in [-0.25, -0.2) is 4.98 Å². The van der Waals surface area contributed by atoms with Gasteiger partial charge in [0.25, 0.3) is 0 Å². The minimum absolute atomic E-state index is 0.271. The Morgan fingerprint density at radius 3 is 2.66 bits per heavy atom. The smallest absolute Gasteiger partial charge is 0.244 e. The molecule has 1 aromatic carbocycles. The van der Waals surface area contributed by atoms with Crippen molar-refractivity contribution in [1.82, 2.24) is 15.6 Å². The largest absolute Gasteiger partial charge is 0.497 e. The van der Waals surface area contributed by atoms with Gasteiger partial charge in [-0.2, -0.15) is 0 Å². The lowest BCUT2D eigenvalue weighted by atomic mass is 10.2. The van der Waals surface area contributed by atoms with E-state index in [0.29, 0.717) is 12.5 Å². The van der Waals surface area contributed by atoms with Crippen LogP contribution in [0.5, 0.6) is 11.6 Å². The number of nitrogens with zero attached hydrogens (tertiary/aromatic N) is 1. The predicted molar refractivity (Wildman–Crippen MR) is 112 cm³/mol. The molecule has 0 radical (unpaired) electrons. The zero-order valence-electron chi connectivity index (χ0n) is 17.0. The van der Waals surface area contributed by atoms with Crippen molar-refractivity contribution in [3.63, 3.8) is 0 Å². The van der Waals surface area contributed by atoms with E-state index in [-0.39, 0.29) is 18.4 Å². The highest BCUT2D eigenvalue weighted by Gasteiger charge is 2.15. The summed E-state index contributed by atoms with van der Waals surface area (Å²) in [6.07, 6.45) is 5.58. The molecule has 0 fully saturated rings. The van der Waals surface area contributed by atoms with Crippen molar-refractivity contribution >= 4 is 17.9 Å². The predicted octanol–water partition coefficient (Wildman–Crippen LogP) is 2.71. The van der Waals surface area contributed by atoms with Crippen LogP contribution in [0.2, 0.25) is 0 Å². The fraction of sp³-hybridized carbons (Fsp3) is 0.318. The summed E-state index contributed by atoms with van der Waals surface area (Å²) in [6.45, 7) is 4.47. The van der Waals surface area contributed by atoms with Crippen molar-refractivity contribution in [2.45, 2.75) is 32.9 Å². The van der Waals surface area contributed by atoms with E-state index >= 15 is 0 Å². The van der Waals surface area contributed by atoms with E-state index in [0.717, 1.165) is 23.3 Å². The molecule has 29 heavy (non-hydrogen) atoms. The van der Waals surface area contributed by atoms with E-state index in [4.69, 9.17) is 9.47 Å². The van der Waals surface area contributed by atoms with Crippen molar-refractivity contribution in [2.24, 2.45) is 0 Å². The van der Waals surface area contributed by atoms with Crippen molar-refractivity contribution < 1.29 is 19.1 Å². The SMILES string of the molecule is CCCOc1ncccc1CNC(=O)C(C)NC(=O)/C=C/c1ccc(OC)cc1. The minimum atomic E-state index is -0.681. The Kier molecular flexibility index (Phi) is 8.69. The highest BCUT2D eigenvalue weighted by Crippen LogP contribution is 2.14. The van der Waals surface area contributed by atoms with Gasteiger partial charge in [-0.05, 0) is 43.2 Å². The summed E-state index contributed by atoms with van der Waals surface area (Å²) in [6, 6.07) is 10.2. The summed E-state index contributed by atoms with van der Waals surface area (Å²) in [5.41, 5.74) is 1.64. The fourth-order valence-electron chi connectivity index (χ4n) is 2.44. The first-order valence-corrected chi connectivity index (χ1v) is 9.50. The summed E-state index contributed by atoms with van der Waals surface area (Å²) in [7, 11) is 1.60. The number of amides is 2. The molecule has 0 saturated heterocycles. The van der Waals surface area contributed by atoms with Crippen LogP contribution in [0.4, 0.5) is 0 Å². The van der Waals surface area contributed by atoms with Crippen LogP contribution in [0.25, 0.3) is 6.08 Å². The Balaban J connectivity index is 1.83. The molecule has 1 unspecified atom stereocenters. The Labute approximate surface area is 171 Å². The highest BCUT2D eigenvalue weighted by molar-refractivity contribution is 5.95. The third-order valence-corrected chi connectivity index (χ3v) is 4.04. The first-order valence-electron chi connectivity index (χ1n) is 9.50. The molecule has 2 aromatic rings. The van der Waals surface area contributed by atoms with E-state index < -0.39 is 6.04 Å². The van der Waals surface area contributed by atoms with Gasteiger partial charge in [0, 0.05) is 24.4 Å². The number of methoxy groups -OCH3 is 1. The minimum Gasteiger partial charge on any atom is -0.497 e. The lowest BCUT2D eigenvalue weighted by Crippen LogP contribution is -2.44. The number of pyridine rings is 1. The van der Waals surface area contributed by atoms with E-state index in [1.807, 2.05) is 37.3 Å². The van der Waals surface area contributed by atoms with E-state index in [1.54, 1.807) is 32.4 Å². The summed E-state index contributed by atoms with van der Waals surface area (Å²) in [4.78, 5) is 28.6. The van der Waals surface area contributed by atoms with Crippen LogP contribution in [-0.4, -0.2) is 36.6 Å². The first kappa shape index (κ1) is 21.9. The second kappa shape index (κ2) is 11.5. The second-order valence-corrected chi connectivity index (χ2v) is 6.37. The Morgan fingerprint density at radius 2 is 1.97 bits per heavy atom. The molecule has 0 aliphatic carbocycles. The van der Waals surface area contributed by atoms with E-state index in [2.05, 4.69) is 15.6 Å². The summed E-state index contributed by atoms with van der Waals surface area (Å²) in [5, 5.41) is 5.44. The molecule has 1 atom stereocenters. The maximum atomic E-state index is 12.3. The molecule has 2 N–H and O–H groups in total. The Hall–Kier alpha value is -3.35. The van der Waals surface area contributed by atoms with Crippen molar-refractivity contribution in [3.8, 4) is 11.6 Å². The monoisotopic (exact) mass is 397 g/mol. The molecule has 154 valence electrons. The third kappa shape index (κ3) is 7.29. The van der Waals surface area contributed by atoms with Crippen molar-refractivity contribution in [1.29, 1.82) is 0 Å². The number of hydrogen-bond acceptors (Lipinski definition) is 5. The number of rotatable bonds is 10. The van der Waals surface area contributed by atoms with Gasteiger partial charge in [0.15, 0.2) is 0 Å². The molecule has 1 heterocycles. The normalized spacial score (nSPS) is 11.7. The second-order valence-electron chi connectivity index (χ2n) is 6.37. The molecule has 0 saturated carbocycles. The molecule has 7 nitrogen and oxygen atoms in total. The number of carbonyl (C=O) groups excluding carboxylic acids is 2. The van der Waals surface area contributed by atoms with Gasteiger partial charge >= 0.3 is 0 Å². The molecular formula is C22H27N3O4. The summed E-state index contributed by atoms with van der Waals surface area (Å²) in [5.74, 6) is 0.612. The van der Waals surface area contributed by atoms with Crippen molar-refractivity contribution in [2.75, 3.05) is 13.7 Å². The molecule has 0 aliphatic heterocycles. The van der Waals surface area contributed by atoms with Gasteiger partial charge in [-0.1, -0.05) is 25.1 Å². The lowest BCUT2D eigenvalue weighted by Gasteiger charge is -2.14. The van der Waals surface area contributed by atoms with Gasteiger partial charge in [0.1, 0.15) is 11.8 Å². The summed E-state index contributed by atoms with van der Waals surface area (Å²) >= 11 is 0. The average molecular weight is 397 g/mol. The van der Waals surface area contributed by atoms with Crippen LogP contribution in [0.3, 0.4) is 0 Å². The van der Waals surface area contributed by atoms with Crippen LogP contribution in [0, 0.1) is 0 Å². The van der Waals surface area contributed by atoms with Gasteiger partial charge in [-0.3, -0.25) is 9.59 Å². The maximum absolute atomic E-state index is 12.3. The van der Waals surface area contributed by atoms with Crippen LogP contribution in [0.1, 0.15) is 31.4 Å². The standard InChI is InChI=1S/C22H27N3O4/c1-4-14-29-22-18(6-5-13-23-22)15-24-21(27)16(2)25-20(26)12-9-17-7-10-19(28-3)11-8-17/h5-13,16H,4,14-15H2,1-3H3,(H,24,27)(H,25,26)/b12-9+. The Morgan fingerprint density at radius 1 is 1.21 bits per heavy atom. The van der Waals surface area contributed by atoms with E-state index in [9.17, 15) is 9.59 Å². The number of nitrogens with one attached hydrogen (secondary N) is 2. The number of carbonyl (C=O) groups is 2. The van der Waals surface area contributed by atoms with E-state index in [1.165, 1.54) is 6.08 Å². The number of benzene rings is 1. The van der Waals surface area contributed by atoms with Gasteiger partial charge in [0.05, 0.1) is 13.7 Å². The van der Waals surface area contributed by atoms with Crippen LogP contribution in [0.15, 0.2) is 48.7 Å². The molecule has 7 heteroatoms. The zero-order valence-corrected chi connectivity index (χ0v) is 17.0. The van der Waals surface area contributed by atoms with Crippen LogP contribution < -0.4 is 20.1 Å². The number of ether oxygens (including phenoxy) is 2. The molecule has 0 aliphatic rings. The average Bonchev–Trinajstić information content (AvgIpc) is 2.75. The van der Waals surface area contributed by atoms with Gasteiger partial charge in [-0.15, -0.1) is 0 Å².